The van der Waals surface area contributed by atoms with E-state index >= 15 is 0 Å². The van der Waals surface area contributed by atoms with Gasteiger partial charge in [-0.15, -0.1) is 0 Å². The van der Waals surface area contributed by atoms with Crippen LogP contribution in [0.3, 0.4) is 0 Å². The Balaban J connectivity index is 1.32. The number of piperidine rings is 1. The molecule has 1 aliphatic heterocycles. The van der Waals surface area contributed by atoms with E-state index in [0.717, 1.165) is 0 Å². The number of hydrogen-bond donors (Lipinski definition) is 0. The summed E-state index contributed by atoms with van der Waals surface area (Å²) in [7, 11) is 3.09. The van der Waals surface area contributed by atoms with E-state index in [4.69, 9.17) is 18.7 Å². The Morgan fingerprint density at radius 1 is 1.15 bits per heavy atom. The third kappa shape index (κ3) is 4.92. The lowest BCUT2D eigenvalue weighted by atomic mass is 9.96. The van der Waals surface area contributed by atoms with Crippen molar-refractivity contribution in [3.05, 3.63) is 58.5 Å². The summed E-state index contributed by atoms with van der Waals surface area (Å²) >= 11 is 0. The number of aromatic nitrogens is 2. The number of benzene rings is 2. The molecule has 1 aliphatic rings. The van der Waals surface area contributed by atoms with Crippen LogP contribution in [0.4, 0.5) is 11.4 Å². The zero-order chi connectivity index (χ0) is 24.1. The zero-order valence-electron chi connectivity index (χ0n) is 18.8. The fraction of sp³-hybridized carbons (Fsp3) is 0.348. The predicted molar refractivity (Wildman–Crippen MR) is 121 cm³/mol. The summed E-state index contributed by atoms with van der Waals surface area (Å²) in [6.07, 6.45) is 1.07. The number of methoxy groups -OCH3 is 2. The average molecular weight is 468 g/mol. The van der Waals surface area contributed by atoms with Gasteiger partial charge < -0.3 is 23.6 Å². The second-order valence-corrected chi connectivity index (χ2v) is 7.70. The summed E-state index contributed by atoms with van der Waals surface area (Å²) in [5.74, 6) is 0.974. The summed E-state index contributed by atoms with van der Waals surface area (Å²) < 4.78 is 21.1. The molecule has 178 valence electrons. The standard InChI is InChI=1S/C23H24N4O7/c1-31-19-8-7-16(13-20(19)32-2)22-24-21(34-25-22)14-33-23(28)15-9-11-26(12-10-15)17-5-3-4-6-18(17)27(29)30/h3-8,13,15H,9-12,14H2,1-2H3. The van der Waals surface area contributed by atoms with Crippen LogP contribution < -0.4 is 14.4 Å². The van der Waals surface area contributed by atoms with Gasteiger partial charge in [0.1, 0.15) is 5.69 Å². The van der Waals surface area contributed by atoms with Crippen LogP contribution in [0.5, 0.6) is 11.5 Å². The summed E-state index contributed by atoms with van der Waals surface area (Å²) in [5, 5.41) is 15.2. The van der Waals surface area contributed by atoms with Crippen molar-refractivity contribution in [2.75, 3.05) is 32.2 Å². The molecule has 4 rings (SSSR count). The van der Waals surface area contributed by atoms with Crippen LogP contribution in [0, 0.1) is 16.0 Å². The largest absolute Gasteiger partial charge is 0.493 e. The number of carbonyl (C=O) groups is 1. The number of rotatable bonds is 8. The van der Waals surface area contributed by atoms with Gasteiger partial charge in [-0.3, -0.25) is 14.9 Å². The molecular weight excluding hydrogens is 444 g/mol. The average Bonchev–Trinajstić information content (AvgIpc) is 3.36. The molecule has 1 aromatic heterocycles. The summed E-state index contributed by atoms with van der Waals surface area (Å²) in [6, 6.07) is 11.8. The highest BCUT2D eigenvalue weighted by atomic mass is 16.6. The first-order chi connectivity index (χ1) is 16.5. The highest BCUT2D eigenvalue weighted by Gasteiger charge is 2.29. The Kier molecular flexibility index (Phi) is 6.90. The predicted octanol–water partition coefficient (Wildman–Crippen LogP) is 3.62. The molecule has 0 spiro atoms. The molecule has 0 bridgehead atoms. The van der Waals surface area contributed by atoms with Gasteiger partial charge in [0.25, 0.3) is 11.6 Å². The maximum atomic E-state index is 12.6. The quantitative estimate of drug-likeness (QED) is 0.274. The fourth-order valence-corrected chi connectivity index (χ4v) is 3.90. The third-order valence-electron chi connectivity index (χ3n) is 5.70. The minimum absolute atomic E-state index is 0.0604. The van der Waals surface area contributed by atoms with Gasteiger partial charge in [0.2, 0.25) is 5.82 Å². The van der Waals surface area contributed by atoms with Crippen LogP contribution in [0.15, 0.2) is 47.0 Å². The molecule has 34 heavy (non-hydrogen) atoms. The van der Waals surface area contributed by atoms with Crippen molar-refractivity contribution in [3.8, 4) is 22.9 Å². The maximum absolute atomic E-state index is 12.6. The molecule has 0 saturated carbocycles. The third-order valence-corrected chi connectivity index (χ3v) is 5.70. The van der Waals surface area contributed by atoms with Crippen LogP contribution in [0.2, 0.25) is 0 Å². The molecule has 0 N–H and O–H groups in total. The molecule has 0 aliphatic carbocycles. The molecule has 0 atom stereocenters. The minimum atomic E-state index is -0.392. The van der Waals surface area contributed by atoms with Gasteiger partial charge in [0.05, 0.1) is 25.1 Å². The van der Waals surface area contributed by atoms with E-state index in [1.807, 2.05) is 4.90 Å². The van der Waals surface area contributed by atoms with Crippen LogP contribution in [0.1, 0.15) is 18.7 Å². The van der Waals surface area contributed by atoms with E-state index in [1.165, 1.54) is 13.2 Å². The molecule has 11 nitrogen and oxygen atoms in total. The van der Waals surface area contributed by atoms with Crippen molar-refractivity contribution in [1.82, 2.24) is 10.1 Å². The van der Waals surface area contributed by atoms with Gasteiger partial charge in [-0.25, -0.2) is 0 Å². The van der Waals surface area contributed by atoms with E-state index in [1.54, 1.807) is 43.5 Å². The van der Waals surface area contributed by atoms with Gasteiger partial charge in [-0.05, 0) is 37.1 Å². The van der Waals surface area contributed by atoms with E-state index in [-0.39, 0.29) is 30.1 Å². The summed E-state index contributed by atoms with van der Waals surface area (Å²) in [5.41, 5.74) is 1.29. The molecule has 0 amide bonds. The normalized spacial score (nSPS) is 14.0. The molecular formula is C23H24N4O7. The van der Waals surface area contributed by atoms with Crippen molar-refractivity contribution in [1.29, 1.82) is 0 Å². The van der Waals surface area contributed by atoms with Crippen molar-refractivity contribution < 1.29 is 28.5 Å². The monoisotopic (exact) mass is 468 g/mol. The molecule has 2 aromatic carbocycles. The Morgan fingerprint density at radius 2 is 1.88 bits per heavy atom. The van der Waals surface area contributed by atoms with E-state index in [0.29, 0.717) is 54.5 Å². The molecule has 0 radical (unpaired) electrons. The first-order valence-corrected chi connectivity index (χ1v) is 10.7. The number of nitro groups is 1. The van der Waals surface area contributed by atoms with Crippen LogP contribution in [0.25, 0.3) is 11.4 Å². The van der Waals surface area contributed by atoms with Gasteiger partial charge in [-0.2, -0.15) is 4.98 Å². The zero-order valence-corrected chi connectivity index (χ0v) is 18.8. The Morgan fingerprint density at radius 3 is 2.59 bits per heavy atom. The van der Waals surface area contributed by atoms with Gasteiger partial charge in [-0.1, -0.05) is 17.3 Å². The van der Waals surface area contributed by atoms with Crippen molar-refractivity contribution in [3.63, 3.8) is 0 Å². The lowest BCUT2D eigenvalue weighted by Gasteiger charge is -2.32. The van der Waals surface area contributed by atoms with Gasteiger partial charge in [0, 0.05) is 24.7 Å². The van der Waals surface area contributed by atoms with E-state index in [2.05, 4.69) is 10.1 Å². The highest BCUT2D eigenvalue weighted by Crippen LogP contribution is 2.32. The number of nitro benzene ring substituents is 1. The van der Waals surface area contributed by atoms with E-state index < -0.39 is 4.92 Å². The number of para-hydroxylation sites is 2. The Bertz CT molecular complexity index is 1170. The number of esters is 1. The molecule has 11 heteroatoms. The first kappa shape index (κ1) is 23.0. The van der Waals surface area contributed by atoms with Gasteiger partial charge >= 0.3 is 5.97 Å². The Hall–Kier alpha value is -4.15. The number of anilines is 1. The lowest BCUT2D eigenvalue weighted by Crippen LogP contribution is -2.37. The second kappa shape index (κ2) is 10.2. The smallest absolute Gasteiger partial charge is 0.309 e. The molecule has 1 saturated heterocycles. The lowest BCUT2D eigenvalue weighted by molar-refractivity contribution is -0.384. The maximum Gasteiger partial charge on any atom is 0.309 e. The molecule has 0 unspecified atom stereocenters. The molecule has 3 aromatic rings. The number of carbonyl (C=O) groups excluding carboxylic acids is 1. The fourth-order valence-electron chi connectivity index (χ4n) is 3.90. The number of ether oxygens (including phenoxy) is 3. The van der Waals surface area contributed by atoms with Crippen molar-refractivity contribution in [2.24, 2.45) is 5.92 Å². The first-order valence-electron chi connectivity index (χ1n) is 10.7. The summed E-state index contributed by atoms with van der Waals surface area (Å²) in [6.45, 7) is 0.909. The van der Waals surface area contributed by atoms with Crippen molar-refractivity contribution in [2.45, 2.75) is 19.4 Å². The molecule has 1 fully saturated rings. The topological polar surface area (TPSA) is 130 Å². The van der Waals surface area contributed by atoms with Crippen LogP contribution >= 0.6 is 0 Å². The number of nitrogens with zero attached hydrogens (tertiary/aromatic N) is 4. The summed E-state index contributed by atoms with van der Waals surface area (Å²) in [4.78, 5) is 29.7. The van der Waals surface area contributed by atoms with Crippen molar-refractivity contribution >= 4 is 17.3 Å². The molecule has 2 heterocycles. The highest BCUT2D eigenvalue weighted by molar-refractivity contribution is 5.73. The van der Waals surface area contributed by atoms with Crippen LogP contribution in [-0.4, -0.2) is 48.3 Å². The Labute approximate surface area is 195 Å². The second-order valence-electron chi connectivity index (χ2n) is 7.70. The van der Waals surface area contributed by atoms with Gasteiger partial charge in [0.15, 0.2) is 18.1 Å². The van der Waals surface area contributed by atoms with Crippen LogP contribution in [-0.2, 0) is 16.1 Å². The SMILES string of the molecule is COc1ccc(-c2noc(COC(=O)C3CCN(c4ccccc4[N+](=O)[O-])CC3)n2)cc1OC. The van der Waals surface area contributed by atoms with E-state index in [9.17, 15) is 14.9 Å². The minimum Gasteiger partial charge on any atom is -0.493 e. The number of hydrogen-bond acceptors (Lipinski definition) is 10.